The fourth-order valence-electron chi connectivity index (χ4n) is 3.40. The van der Waals surface area contributed by atoms with E-state index in [2.05, 4.69) is 29.3 Å². The SMILES string of the molecule is Cc1ccc(OC2CN(CCC(=O)NC3CCCCC3)C2)cc1. The van der Waals surface area contributed by atoms with Gasteiger partial charge in [-0.05, 0) is 31.9 Å². The number of ether oxygens (including phenoxy) is 1. The summed E-state index contributed by atoms with van der Waals surface area (Å²) in [6.45, 7) is 4.76. The fraction of sp³-hybridized carbons (Fsp3) is 0.632. The summed E-state index contributed by atoms with van der Waals surface area (Å²) >= 11 is 0. The first-order valence-corrected chi connectivity index (χ1v) is 8.94. The number of carbonyl (C=O) groups is 1. The van der Waals surface area contributed by atoms with Crippen LogP contribution in [0.25, 0.3) is 0 Å². The monoisotopic (exact) mass is 316 g/mol. The van der Waals surface area contributed by atoms with Crippen LogP contribution in [0.3, 0.4) is 0 Å². The highest BCUT2D eigenvalue weighted by Crippen LogP contribution is 2.19. The number of rotatable bonds is 6. The van der Waals surface area contributed by atoms with Crippen LogP contribution < -0.4 is 10.1 Å². The van der Waals surface area contributed by atoms with E-state index >= 15 is 0 Å². The van der Waals surface area contributed by atoms with Gasteiger partial charge >= 0.3 is 0 Å². The van der Waals surface area contributed by atoms with Gasteiger partial charge in [-0.1, -0.05) is 37.0 Å². The Kier molecular flexibility index (Phi) is 5.55. The van der Waals surface area contributed by atoms with Crippen molar-refractivity contribution in [2.45, 2.75) is 57.6 Å². The molecule has 3 rings (SSSR count). The van der Waals surface area contributed by atoms with Crippen LogP contribution in [0.15, 0.2) is 24.3 Å². The third-order valence-electron chi connectivity index (χ3n) is 4.87. The van der Waals surface area contributed by atoms with E-state index in [0.717, 1.165) is 38.2 Å². The Morgan fingerprint density at radius 2 is 1.87 bits per heavy atom. The molecule has 1 aliphatic heterocycles. The molecule has 0 atom stereocenters. The number of hydrogen-bond donors (Lipinski definition) is 1. The molecule has 1 aromatic rings. The third kappa shape index (κ3) is 4.96. The Hall–Kier alpha value is -1.55. The van der Waals surface area contributed by atoms with E-state index in [1.807, 2.05) is 12.1 Å². The zero-order valence-corrected chi connectivity index (χ0v) is 14.1. The van der Waals surface area contributed by atoms with E-state index in [4.69, 9.17) is 4.74 Å². The Bertz CT molecular complexity index is 503. The molecule has 1 N–H and O–H groups in total. The molecule has 0 aromatic heterocycles. The summed E-state index contributed by atoms with van der Waals surface area (Å²) in [7, 11) is 0. The molecule has 2 fully saturated rings. The van der Waals surface area contributed by atoms with Crippen LogP contribution in [-0.2, 0) is 4.79 Å². The van der Waals surface area contributed by atoms with Gasteiger partial charge < -0.3 is 10.1 Å². The Morgan fingerprint density at radius 3 is 2.57 bits per heavy atom. The normalized spacial score (nSPS) is 20.0. The topological polar surface area (TPSA) is 41.6 Å². The van der Waals surface area contributed by atoms with Crippen LogP contribution in [0.5, 0.6) is 5.75 Å². The summed E-state index contributed by atoms with van der Waals surface area (Å²) < 4.78 is 5.92. The summed E-state index contributed by atoms with van der Waals surface area (Å²) in [6.07, 6.45) is 7.02. The lowest BCUT2D eigenvalue weighted by Gasteiger charge is -2.39. The first-order chi connectivity index (χ1) is 11.2. The van der Waals surface area contributed by atoms with E-state index in [1.165, 1.54) is 24.8 Å². The number of amides is 1. The number of nitrogens with zero attached hydrogens (tertiary/aromatic N) is 1. The van der Waals surface area contributed by atoms with E-state index in [1.54, 1.807) is 0 Å². The fourth-order valence-corrected chi connectivity index (χ4v) is 3.40. The number of nitrogens with one attached hydrogen (secondary N) is 1. The second-order valence-corrected chi connectivity index (χ2v) is 6.96. The number of aryl methyl sites for hydroxylation is 1. The highest BCUT2D eigenvalue weighted by atomic mass is 16.5. The van der Waals surface area contributed by atoms with Gasteiger partial charge in [0.2, 0.25) is 5.91 Å². The second kappa shape index (κ2) is 7.82. The molecule has 1 saturated carbocycles. The molecule has 0 unspecified atom stereocenters. The van der Waals surface area contributed by atoms with Gasteiger partial charge in [0.15, 0.2) is 0 Å². The maximum absolute atomic E-state index is 12.0. The van der Waals surface area contributed by atoms with Crippen molar-refractivity contribution in [1.82, 2.24) is 10.2 Å². The maximum atomic E-state index is 12.0. The average molecular weight is 316 g/mol. The first kappa shape index (κ1) is 16.3. The van der Waals surface area contributed by atoms with Gasteiger partial charge in [0.25, 0.3) is 0 Å². The molecule has 4 heteroatoms. The van der Waals surface area contributed by atoms with Gasteiger partial charge in [-0.25, -0.2) is 0 Å². The van der Waals surface area contributed by atoms with E-state index < -0.39 is 0 Å². The lowest BCUT2D eigenvalue weighted by molar-refractivity contribution is -0.122. The highest BCUT2D eigenvalue weighted by molar-refractivity contribution is 5.76. The molecule has 2 aliphatic rings. The Morgan fingerprint density at radius 1 is 1.17 bits per heavy atom. The molecule has 1 aromatic carbocycles. The van der Waals surface area contributed by atoms with Gasteiger partial charge in [0, 0.05) is 32.1 Å². The molecule has 1 heterocycles. The molecule has 4 nitrogen and oxygen atoms in total. The van der Waals surface area contributed by atoms with Crippen molar-refractivity contribution in [2.24, 2.45) is 0 Å². The lowest BCUT2D eigenvalue weighted by atomic mass is 9.95. The molecule has 126 valence electrons. The van der Waals surface area contributed by atoms with Crippen LogP contribution in [0.4, 0.5) is 0 Å². The van der Waals surface area contributed by atoms with Crippen molar-refractivity contribution in [3.8, 4) is 5.75 Å². The Balaban J connectivity index is 1.29. The zero-order valence-electron chi connectivity index (χ0n) is 14.1. The minimum absolute atomic E-state index is 0.208. The summed E-state index contributed by atoms with van der Waals surface area (Å²) in [5.41, 5.74) is 1.25. The van der Waals surface area contributed by atoms with Crippen LogP contribution in [-0.4, -0.2) is 42.6 Å². The minimum Gasteiger partial charge on any atom is -0.488 e. The Labute approximate surface area is 139 Å². The van der Waals surface area contributed by atoms with Crippen molar-refractivity contribution >= 4 is 5.91 Å². The summed E-state index contributed by atoms with van der Waals surface area (Å²) in [5.74, 6) is 1.15. The van der Waals surface area contributed by atoms with Crippen LogP contribution >= 0.6 is 0 Å². The standard InChI is InChI=1S/C19H28N2O2/c1-15-7-9-17(10-8-15)23-18-13-21(14-18)12-11-19(22)20-16-5-3-2-4-6-16/h7-10,16,18H,2-6,11-14H2,1H3,(H,20,22). The molecule has 1 saturated heterocycles. The largest absolute Gasteiger partial charge is 0.488 e. The van der Waals surface area contributed by atoms with Crippen molar-refractivity contribution in [3.05, 3.63) is 29.8 Å². The predicted octanol–water partition coefficient (Wildman–Crippen LogP) is 2.90. The van der Waals surface area contributed by atoms with Gasteiger partial charge in [-0.3, -0.25) is 9.69 Å². The molecule has 0 bridgehead atoms. The molecular weight excluding hydrogens is 288 g/mol. The molecule has 0 radical (unpaired) electrons. The van der Waals surface area contributed by atoms with Crippen molar-refractivity contribution in [3.63, 3.8) is 0 Å². The summed E-state index contributed by atoms with van der Waals surface area (Å²) in [4.78, 5) is 14.3. The van der Waals surface area contributed by atoms with E-state index in [9.17, 15) is 4.79 Å². The first-order valence-electron chi connectivity index (χ1n) is 8.94. The summed E-state index contributed by atoms with van der Waals surface area (Å²) in [5, 5.41) is 3.18. The quantitative estimate of drug-likeness (QED) is 0.877. The second-order valence-electron chi connectivity index (χ2n) is 6.96. The molecule has 23 heavy (non-hydrogen) atoms. The number of hydrogen-bond acceptors (Lipinski definition) is 3. The lowest BCUT2D eigenvalue weighted by Crippen LogP contribution is -2.54. The maximum Gasteiger partial charge on any atom is 0.221 e. The van der Waals surface area contributed by atoms with Crippen LogP contribution in [0, 0.1) is 6.92 Å². The summed E-state index contributed by atoms with van der Waals surface area (Å²) in [6, 6.07) is 8.61. The third-order valence-corrected chi connectivity index (χ3v) is 4.87. The van der Waals surface area contributed by atoms with Gasteiger partial charge in [-0.15, -0.1) is 0 Å². The van der Waals surface area contributed by atoms with Crippen molar-refractivity contribution < 1.29 is 9.53 Å². The smallest absolute Gasteiger partial charge is 0.221 e. The molecule has 0 spiro atoms. The minimum atomic E-state index is 0.208. The van der Waals surface area contributed by atoms with Crippen molar-refractivity contribution in [2.75, 3.05) is 19.6 Å². The average Bonchev–Trinajstić information content (AvgIpc) is 2.52. The number of benzene rings is 1. The molecular formula is C19H28N2O2. The highest BCUT2D eigenvalue weighted by Gasteiger charge is 2.28. The van der Waals surface area contributed by atoms with E-state index in [-0.39, 0.29) is 12.0 Å². The van der Waals surface area contributed by atoms with Crippen molar-refractivity contribution in [1.29, 1.82) is 0 Å². The van der Waals surface area contributed by atoms with Crippen LogP contribution in [0.1, 0.15) is 44.1 Å². The van der Waals surface area contributed by atoms with Gasteiger partial charge in [-0.2, -0.15) is 0 Å². The van der Waals surface area contributed by atoms with Crippen LogP contribution in [0.2, 0.25) is 0 Å². The number of likely N-dealkylation sites (tertiary alicyclic amines) is 1. The number of carbonyl (C=O) groups excluding carboxylic acids is 1. The van der Waals surface area contributed by atoms with Gasteiger partial charge in [0.1, 0.15) is 11.9 Å². The van der Waals surface area contributed by atoms with Gasteiger partial charge in [0.05, 0.1) is 0 Å². The molecule has 1 aliphatic carbocycles. The predicted molar refractivity (Wildman–Crippen MR) is 91.7 cm³/mol. The molecule has 1 amide bonds. The zero-order chi connectivity index (χ0) is 16.1. The van der Waals surface area contributed by atoms with E-state index in [0.29, 0.717) is 12.5 Å².